The molecule has 0 amide bonds. The Morgan fingerprint density at radius 2 is 1.89 bits per heavy atom. The van der Waals surface area contributed by atoms with Crippen molar-refractivity contribution in [1.82, 2.24) is 0 Å². The van der Waals surface area contributed by atoms with Gasteiger partial charge in [-0.05, 0) is 38.0 Å². The molecule has 1 unspecified atom stereocenters. The van der Waals surface area contributed by atoms with Crippen molar-refractivity contribution in [3.8, 4) is 0 Å². The van der Waals surface area contributed by atoms with Crippen molar-refractivity contribution in [1.29, 1.82) is 0 Å². The molecule has 1 fully saturated rings. The molecule has 1 aliphatic rings. The maximum absolute atomic E-state index is 13.1. The summed E-state index contributed by atoms with van der Waals surface area (Å²) in [6, 6.07) is 2.52. The van der Waals surface area contributed by atoms with Crippen LogP contribution in [0.4, 0.5) is 8.78 Å². The molecule has 6 heteroatoms. The van der Waals surface area contributed by atoms with Crippen molar-refractivity contribution < 1.29 is 22.0 Å². The summed E-state index contributed by atoms with van der Waals surface area (Å²) < 4.78 is 50.7. The minimum atomic E-state index is -3.80. The van der Waals surface area contributed by atoms with Crippen LogP contribution in [-0.2, 0) is 14.6 Å². The molecule has 0 heterocycles. The number of sulfone groups is 1. The molecule has 2 atom stereocenters. The molecular formula is C13H14F2O3S. The zero-order valence-electron chi connectivity index (χ0n) is 10.4. The third-order valence-corrected chi connectivity index (χ3v) is 5.87. The number of Topliss-reactive ketones (excluding diaryl/α,β-unsaturated/α-hetero) is 1. The molecule has 1 aliphatic carbocycles. The lowest BCUT2D eigenvalue weighted by atomic mass is 10.0. The second-order valence-electron chi connectivity index (χ2n) is 4.81. The van der Waals surface area contributed by atoms with Gasteiger partial charge in [0.05, 0.1) is 10.1 Å². The van der Waals surface area contributed by atoms with E-state index in [-0.39, 0.29) is 10.7 Å². The highest BCUT2D eigenvalue weighted by Crippen LogP contribution is 2.35. The third kappa shape index (κ3) is 2.54. The molecule has 1 aromatic rings. The number of hydrogen-bond acceptors (Lipinski definition) is 3. The van der Waals surface area contributed by atoms with Crippen molar-refractivity contribution in [3.63, 3.8) is 0 Å². The summed E-state index contributed by atoms with van der Waals surface area (Å²) in [6.45, 7) is 1.36. The number of ketones is 1. The Labute approximate surface area is 110 Å². The van der Waals surface area contributed by atoms with Crippen LogP contribution in [0.3, 0.4) is 0 Å². The lowest BCUT2D eigenvalue weighted by Crippen LogP contribution is -2.29. The van der Waals surface area contributed by atoms with E-state index >= 15 is 0 Å². The predicted octanol–water partition coefficient (Wildman–Crippen LogP) is 2.50. The lowest BCUT2D eigenvalue weighted by molar-refractivity contribution is -0.120. The SMILES string of the molecule is CC(=O)[C@@H]1CCCC1S(=O)(=O)c1ccc(F)c(F)c1. The maximum Gasteiger partial charge on any atom is 0.182 e. The van der Waals surface area contributed by atoms with Gasteiger partial charge in [-0.15, -0.1) is 0 Å². The van der Waals surface area contributed by atoms with E-state index in [9.17, 15) is 22.0 Å². The predicted molar refractivity (Wildman–Crippen MR) is 65.4 cm³/mol. The Morgan fingerprint density at radius 1 is 1.21 bits per heavy atom. The maximum atomic E-state index is 13.1. The van der Waals surface area contributed by atoms with Crippen molar-refractivity contribution in [2.75, 3.05) is 0 Å². The van der Waals surface area contributed by atoms with Gasteiger partial charge in [-0.25, -0.2) is 17.2 Å². The number of rotatable bonds is 3. The van der Waals surface area contributed by atoms with E-state index in [1.807, 2.05) is 0 Å². The highest BCUT2D eigenvalue weighted by Gasteiger charge is 2.40. The first-order valence-corrected chi connectivity index (χ1v) is 7.58. The molecule has 0 aromatic heterocycles. The monoisotopic (exact) mass is 288 g/mol. The van der Waals surface area contributed by atoms with Crippen LogP contribution in [0, 0.1) is 17.6 Å². The normalized spacial score (nSPS) is 23.5. The number of benzene rings is 1. The average Bonchev–Trinajstić information content (AvgIpc) is 2.82. The van der Waals surface area contributed by atoms with Crippen LogP contribution in [0.15, 0.2) is 23.1 Å². The van der Waals surface area contributed by atoms with Crippen molar-refractivity contribution in [2.45, 2.75) is 36.3 Å². The summed E-state index contributed by atoms with van der Waals surface area (Å²) in [5.41, 5.74) is 0. The van der Waals surface area contributed by atoms with E-state index in [0.717, 1.165) is 12.1 Å². The first kappa shape index (κ1) is 14.1. The smallest absolute Gasteiger partial charge is 0.182 e. The molecular weight excluding hydrogens is 274 g/mol. The Hall–Kier alpha value is -1.30. The largest absolute Gasteiger partial charge is 0.300 e. The summed E-state index contributed by atoms with van der Waals surface area (Å²) >= 11 is 0. The molecule has 3 nitrogen and oxygen atoms in total. The second kappa shape index (κ2) is 5.00. The second-order valence-corrected chi connectivity index (χ2v) is 6.97. The molecule has 0 radical (unpaired) electrons. The fourth-order valence-electron chi connectivity index (χ4n) is 2.59. The van der Waals surface area contributed by atoms with Gasteiger partial charge in [0.1, 0.15) is 5.78 Å². The molecule has 104 valence electrons. The molecule has 0 spiro atoms. The van der Waals surface area contributed by atoms with Crippen molar-refractivity contribution in [3.05, 3.63) is 29.8 Å². The zero-order valence-corrected chi connectivity index (χ0v) is 11.2. The van der Waals surface area contributed by atoms with Gasteiger partial charge in [-0.3, -0.25) is 4.79 Å². The van der Waals surface area contributed by atoms with Gasteiger partial charge < -0.3 is 0 Å². The minimum Gasteiger partial charge on any atom is -0.300 e. The van der Waals surface area contributed by atoms with Gasteiger partial charge in [-0.1, -0.05) is 6.42 Å². The highest BCUT2D eigenvalue weighted by atomic mass is 32.2. The third-order valence-electron chi connectivity index (χ3n) is 3.59. The number of hydrogen-bond donors (Lipinski definition) is 0. The minimum absolute atomic E-state index is 0.173. The quantitative estimate of drug-likeness (QED) is 0.803. The first-order chi connectivity index (χ1) is 8.84. The van der Waals surface area contributed by atoms with E-state index in [2.05, 4.69) is 0 Å². The van der Waals surface area contributed by atoms with Crippen LogP contribution < -0.4 is 0 Å². The fraction of sp³-hybridized carbons (Fsp3) is 0.462. The van der Waals surface area contributed by atoms with Crippen LogP contribution in [-0.4, -0.2) is 19.5 Å². The highest BCUT2D eigenvalue weighted by molar-refractivity contribution is 7.92. The summed E-state index contributed by atoms with van der Waals surface area (Å²) in [7, 11) is -3.80. The van der Waals surface area contributed by atoms with Crippen molar-refractivity contribution in [2.24, 2.45) is 5.92 Å². The van der Waals surface area contributed by atoms with Gasteiger partial charge in [0.15, 0.2) is 21.5 Å². The van der Waals surface area contributed by atoms with Gasteiger partial charge in [0.25, 0.3) is 0 Å². The number of halogens is 2. The molecule has 1 aromatic carbocycles. The average molecular weight is 288 g/mol. The lowest BCUT2D eigenvalue weighted by Gasteiger charge is -2.17. The summed E-state index contributed by atoms with van der Waals surface area (Å²) in [5.74, 6) is -3.00. The Morgan fingerprint density at radius 3 is 2.47 bits per heavy atom. The number of carbonyl (C=O) groups excluding carboxylic acids is 1. The van der Waals surface area contributed by atoms with Gasteiger partial charge in [0.2, 0.25) is 0 Å². The van der Waals surface area contributed by atoms with Crippen LogP contribution in [0.1, 0.15) is 26.2 Å². The molecule has 2 rings (SSSR count). The van der Waals surface area contributed by atoms with E-state index in [0.29, 0.717) is 25.3 Å². The summed E-state index contributed by atoms with van der Waals surface area (Å²) in [5, 5.41) is -0.824. The first-order valence-electron chi connectivity index (χ1n) is 6.03. The molecule has 0 aliphatic heterocycles. The Kier molecular flexibility index (Phi) is 3.71. The van der Waals surface area contributed by atoms with E-state index in [1.165, 1.54) is 6.92 Å². The van der Waals surface area contributed by atoms with E-state index < -0.39 is 32.6 Å². The van der Waals surface area contributed by atoms with Gasteiger partial charge in [0, 0.05) is 5.92 Å². The van der Waals surface area contributed by atoms with Crippen LogP contribution >= 0.6 is 0 Å². The fourth-order valence-corrected chi connectivity index (χ4v) is 4.70. The molecule has 19 heavy (non-hydrogen) atoms. The van der Waals surface area contributed by atoms with E-state index in [1.54, 1.807) is 0 Å². The van der Waals surface area contributed by atoms with Crippen LogP contribution in [0.2, 0.25) is 0 Å². The van der Waals surface area contributed by atoms with Crippen molar-refractivity contribution >= 4 is 15.6 Å². The summed E-state index contributed by atoms with van der Waals surface area (Å²) in [4.78, 5) is 11.2. The van der Waals surface area contributed by atoms with E-state index in [4.69, 9.17) is 0 Å². The molecule has 1 saturated carbocycles. The van der Waals surface area contributed by atoms with Gasteiger partial charge in [-0.2, -0.15) is 0 Å². The van der Waals surface area contributed by atoms with Crippen LogP contribution in [0.25, 0.3) is 0 Å². The van der Waals surface area contributed by atoms with Gasteiger partial charge >= 0.3 is 0 Å². The molecule has 0 N–H and O–H groups in total. The summed E-state index contributed by atoms with van der Waals surface area (Å²) in [6.07, 6.45) is 1.56. The standard InChI is InChI=1S/C13H14F2O3S/c1-8(16)10-3-2-4-13(10)19(17,18)9-5-6-11(14)12(15)7-9/h5-7,10,13H,2-4H2,1H3/t10-,13?/m0/s1. The topological polar surface area (TPSA) is 51.2 Å². The zero-order chi connectivity index (χ0) is 14.2. The van der Waals surface area contributed by atoms with Crippen LogP contribution in [0.5, 0.6) is 0 Å². The Balaban J connectivity index is 2.42. The Bertz CT molecular complexity index is 610. The molecule has 0 saturated heterocycles. The number of carbonyl (C=O) groups is 1. The molecule has 0 bridgehead atoms.